The van der Waals surface area contributed by atoms with E-state index < -0.39 is 17.7 Å². The lowest BCUT2D eigenvalue weighted by Crippen LogP contribution is -2.50. The third kappa shape index (κ3) is 2.91. The summed E-state index contributed by atoms with van der Waals surface area (Å²) in [5, 5.41) is 0. The average Bonchev–Trinajstić information content (AvgIpc) is 2.58. The summed E-state index contributed by atoms with van der Waals surface area (Å²) in [5.41, 5.74) is 0.209. The molecule has 3 rings (SSSR count). The van der Waals surface area contributed by atoms with Gasteiger partial charge in [-0.25, -0.2) is 4.39 Å². The monoisotopic (exact) mass is 333 g/mol. The molecule has 0 N–H and O–H groups in total. The smallest absolute Gasteiger partial charge is 0.268 e. The van der Waals surface area contributed by atoms with Crippen LogP contribution in [0.4, 0.5) is 14.5 Å². The fourth-order valence-electron chi connectivity index (χ4n) is 2.65. The predicted octanol–water partition coefficient (Wildman–Crippen LogP) is 3.55. The highest BCUT2D eigenvalue weighted by molar-refractivity contribution is 5.98. The third-order valence-electron chi connectivity index (χ3n) is 3.84. The highest BCUT2D eigenvalue weighted by Gasteiger charge is 2.35. The molecule has 6 heteroatoms. The Morgan fingerprint density at radius 3 is 2.67 bits per heavy atom. The molecule has 4 nitrogen and oxygen atoms in total. The van der Waals surface area contributed by atoms with Crippen molar-refractivity contribution in [3.05, 3.63) is 54.1 Å². The number of carbonyl (C=O) groups is 1. The quantitative estimate of drug-likeness (QED) is 0.862. The van der Waals surface area contributed by atoms with Gasteiger partial charge in [0, 0.05) is 0 Å². The van der Waals surface area contributed by atoms with Gasteiger partial charge >= 0.3 is 0 Å². The van der Waals surface area contributed by atoms with Crippen molar-refractivity contribution in [1.29, 1.82) is 0 Å². The number of para-hydroxylation sites is 1. The number of fused-ring (bicyclic) bond motifs is 1. The Bertz CT molecular complexity index is 751. The zero-order valence-electron chi connectivity index (χ0n) is 13.3. The normalized spacial score (nSPS) is 17.7. The summed E-state index contributed by atoms with van der Waals surface area (Å²) in [6, 6.07) is 10.9. The van der Waals surface area contributed by atoms with Gasteiger partial charge < -0.3 is 9.47 Å². The third-order valence-corrected chi connectivity index (χ3v) is 3.84. The molecule has 0 fully saturated rings. The molecular weight excluding hydrogens is 316 g/mol. The lowest BCUT2D eigenvalue weighted by molar-refractivity contribution is -0.125. The lowest BCUT2D eigenvalue weighted by Gasteiger charge is -2.36. The van der Waals surface area contributed by atoms with Crippen molar-refractivity contribution in [2.45, 2.75) is 26.0 Å². The van der Waals surface area contributed by atoms with Crippen molar-refractivity contribution in [2.75, 3.05) is 11.5 Å². The van der Waals surface area contributed by atoms with E-state index in [4.69, 9.17) is 9.47 Å². The van der Waals surface area contributed by atoms with Gasteiger partial charge in [0.05, 0.1) is 11.7 Å². The summed E-state index contributed by atoms with van der Waals surface area (Å²) >= 11 is 0. The first kappa shape index (κ1) is 16.2. The van der Waals surface area contributed by atoms with E-state index in [1.54, 1.807) is 38.1 Å². The number of benzene rings is 2. The zero-order chi connectivity index (χ0) is 17.3. The molecule has 0 bridgehead atoms. The largest absolute Gasteiger partial charge is 0.486 e. The van der Waals surface area contributed by atoms with Crippen LogP contribution in [0.1, 0.15) is 13.8 Å². The number of carbonyl (C=O) groups excluding carboxylic acids is 1. The maximum Gasteiger partial charge on any atom is 0.268 e. The number of amides is 1. The molecular formula is C18H17F2NO3. The molecule has 0 saturated heterocycles. The van der Waals surface area contributed by atoms with E-state index in [0.29, 0.717) is 5.75 Å². The Hall–Kier alpha value is -2.63. The summed E-state index contributed by atoms with van der Waals surface area (Å²) in [5.74, 6) is -2.13. The van der Waals surface area contributed by atoms with Gasteiger partial charge in [0.1, 0.15) is 12.4 Å². The first-order valence-electron chi connectivity index (χ1n) is 7.64. The van der Waals surface area contributed by atoms with Crippen molar-refractivity contribution in [3.8, 4) is 11.5 Å². The van der Waals surface area contributed by atoms with Gasteiger partial charge in [0.25, 0.3) is 5.91 Å². The number of nitrogens with zero attached hydrogens (tertiary/aromatic N) is 1. The predicted molar refractivity (Wildman–Crippen MR) is 85.3 cm³/mol. The van der Waals surface area contributed by atoms with Gasteiger partial charge in [0.15, 0.2) is 17.7 Å². The molecule has 1 aliphatic rings. The fraction of sp³-hybridized carbons (Fsp3) is 0.278. The van der Waals surface area contributed by atoms with Crippen LogP contribution in [0.15, 0.2) is 42.5 Å². The number of halogens is 2. The SMILES string of the molecule is C[C@@H]1COc2c(ccc(F)c2F)N1C(=O)[C@@H](C)Oc1ccccc1. The molecule has 126 valence electrons. The Labute approximate surface area is 138 Å². The van der Waals surface area contributed by atoms with Crippen molar-refractivity contribution >= 4 is 11.6 Å². The van der Waals surface area contributed by atoms with Crippen LogP contribution in [-0.2, 0) is 4.79 Å². The zero-order valence-corrected chi connectivity index (χ0v) is 13.3. The van der Waals surface area contributed by atoms with Crippen molar-refractivity contribution in [3.63, 3.8) is 0 Å². The standard InChI is InChI=1S/C18H17F2NO3/c1-11-10-23-17-15(9-8-14(19)16(17)20)21(11)18(22)12(2)24-13-6-4-3-5-7-13/h3-9,11-12H,10H2,1-2H3/t11-,12-/m1/s1. The van der Waals surface area contributed by atoms with Gasteiger partial charge in [-0.1, -0.05) is 18.2 Å². The fourth-order valence-corrected chi connectivity index (χ4v) is 2.65. The van der Waals surface area contributed by atoms with E-state index in [1.807, 2.05) is 6.07 Å². The Balaban J connectivity index is 1.88. The molecule has 24 heavy (non-hydrogen) atoms. The molecule has 0 radical (unpaired) electrons. The maximum absolute atomic E-state index is 13.9. The summed E-state index contributed by atoms with van der Waals surface area (Å²) in [6.07, 6.45) is -0.783. The van der Waals surface area contributed by atoms with E-state index in [0.717, 1.165) is 6.07 Å². The topological polar surface area (TPSA) is 38.8 Å². The van der Waals surface area contributed by atoms with Gasteiger partial charge in [-0.3, -0.25) is 9.69 Å². The van der Waals surface area contributed by atoms with E-state index in [1.165, 1.54) is 11.0 Å². The van der Waals surface area contributed by atoms with Crippen LogP contribution in [-0.4, -0.2) is 24.7 Å². The average molecular weight is 333 g/mol. The van der Waals surface area contributed by atoms with E-state index in [9.17, 15) is 13.6 Å². The molecule has 1 amide bonds. The summed E-state index contributed by atoms with van der Waals surface area (Å²) in [7, 11) is 0. The van der Waals surface area contributed by atoms with Crippen LogP contribution in [0.3, 0.4) is 0 Å². The second-order valence-electron chi connectivity index (χ2n) is 5.65. The minimum absolute atomic E-state index is 0.0805. The van der Waals surface area contributed by atoms with Crippen molar-refractivity contribution < 1.29 is 23.0 Å². The molecule has 0 aliphatic carbocycles. The second-order valence-corrected chi connectivity index (χ2v) is 5.65. The van der Waals surface area contributed by atoms with Gasteiger partial charge in [0.2, 0.25) is 5.82 Å². The number of anilines is 1. The number of rotatable bonds is 3. The Morgan fingerprint density at radius 2 is 1.96 bits per heavy atom. The van der Waals surface area contributed by atoms with Crippen LogP contribution in [0.5, 0.6) is 11.5 Å². The minimum Gasteiger partial charge on any atom is -0.486 e. The van der Waals surface area contributed by atoms with Crippen molar-refractivity contribution in [1.82, 2.24) is 0 Å². The molecule has 0 spiro atoms. The van der Waals surface area contributed by atoms with E-state index in [-0.39, 0.29) is 30.0 Å². The van der Waals surface area contributed by atoms with Crippen LogP contribution in [0, 0.1) is 11.6 Å². The number of hydrogen-bond donors (Lipinski definition) is 0. The van der Waals surface area contributed by atoms with Crippen molar-refractivity contribution in [2.24, 2.45) is 0 Å². The summed E-state index contributed by atoms with van der Waals surface area (Å²) in [6.45, 7) is 3.48. The number of hydrogen-bond acceptors (Lipinski definition) is 3. The first-order chi connectivity index (χ1) is 11.5. The van der Waals surface area contributed by atoms with Gasteiger partial charge in [-0.05, 0) is 38.1 Å². The Morgan fingerprint density at radius 1 is 1.25 bits per heavy atom. The van der Waals surface area contributed by atoms with E-state index >= 15 is 0 Å². The summed E-state index contributed by atoms with van der Waals surface area (Å²) in [4.78, 5) is 14.2. The summed E-state index contributed by atoms with van der Waals surface area (Å²) < 4.78 is 38.2. The maximum atomic E-state index is 13.9. The minimum atomic E-state index is -1.09. The second kappa shape index (κ2) is 6.47. The highest BCUT2D eigenvalue weighted by Crippen LogP contribution is 2.37. The Kier molecular flexibility index (Phi) is 4.38. The highest BCUT2D eigenvalue weighted by atomic mass is 19.2. The van der Waals surface area contributed by atoms with Crippen LogP contribution < -0.4 is 14.4 Å². The molecule has 0 aromatic heterocycles. The van der Waals surface area contributed by atoms with Crippen LogP contribution >= 0.6 is 0 Å². The lowest BCUT2D eigenvalue weighted by atomic mass is 10.1. The van der Waals surface area contributed by atoms with Crippen LogP contribution in [0.2, 0.25) is 0 Å². The van der Waals surface area contributed by atoms with Crippen LogP contribution in [0.25, 0.3) is 0 Å². The molecule has 2 aromatic rings. The number of ether oxygens (including phenoxy) is 2. The molecule has 0 unspecified atom stereocenters. The molecule has 2 atom stereocenters. The molecule has 1 aliphatic heterocycles. The molecule has 2 aromatic carbocycles. The first-order valence-corrected chi connectivity index (χ1v) is 7.64. The molecule has 0 saturated carbocycles. The van der Waals surface area contributed by atoms with Gasteiger partial charge in [-0.2, -0.15) is 4.39 Å². The van der Waals surface area contributed by atoms with Gasteiger partial charge in [-0.15, -0.1) is 0 Å². The van der Waals surface area contributed by atoms with E-state index in [2.05, 4.69) is 0 Å². The molecule has 1 heterocycles.